The molecule has 1 aliphatic rings. The van der Waals surface area contributed by atoms with Crippen molar-refractivity contribution in [1.29, 1.82) is 0 Å². The van der Waals surface area contributed by atoms with E-state index >= 15 is 0 Å². The Kier molecular flexibility index (Phi) is 5.03. The fourth-order valence-electron chi connectivity index (χ4n) is 5.31. The van der Waals surface area contributed by atoms with Crippen molar-refractivity contribution >= 4 is 0 Å². The van der Waals surface area contributed by atoms with Crippen LogP contribution in [0.25, 0.3) is 17.1 Å². The quantitative estimate of drug-likeness (QED) is 0.428. The third kappa shape index (κ3) is 3.06. The van der Waals surface area contributed by atoms with Gasteiger partial charge >= 0.3 is 0 Å². The molecule has 3 heterocycles. The first-order valence-electron chi connectivity index (χ1n) is 11.2. The molecule has 2 atom stereocenters. The van der Waals surface area contributed by atoms with Gasteiger partial charge in [0.2, 0.25) is 0 Å². The molecule has 174 valence electrons. The summed E-state index contributed by atoms with van der Waals surface area (Å²) in [5.41, 5.74) is 1.42. The summed E-state index contributed by atoms with van der Waals surface area (Å²) >= 11 is 0. The Bertz CT molecular complexity index is 1380. The monoisotopic (exact) mass is 461 g/mol. The zero-order chi connectivity index (χ0) is 24.3. The molecule has 1 aliphatic carbocycles. The second kappa shape index (κ2) is 7.72. The Morgan fingerprint density at radius 1 is 1.06 bits per heavy atom. The van der Waals surface area contributed by atoms with Crippen LogP contribution >= 0.6 is 0 Å². The van der Waals surface area contributed by atoms with Gasteiger partial charge in [-0.1, -0.05) is 26.8 Å². The minimum atomic E-state index is -0.663. The van der Waals surface area contributed by atoms with Gasteiger partial charge in [-0.15, -0.1) is 5.10 Å². The Hall–Kier alpha value is -3.62. The van der Waals surface area contributed by atoms with E-state index in [1.54, 1.807) is 29.5 Å². The van der Waals surface area contributed by atoms with E-state index in [1.807, 2.05) is 6.92 Å². The van der Waals surface area contributed by atoms with Crippen molar-refractivity contribution < 1.29 is 8.78 Å². The summed E-state index contributed by atoms with van der Waals surface area (Å²) in [7, 11) is 0. The highest BCUT2D eigenvalue weighted by atomic mass is 19.1. The molecule has 9 heteroatoms. The number of nitrogens with zero attached hydrogens (tertiary/aromatic N) is 7. The highest BCUT2D eigenvalue weighted by Gasteiger charge is 2.57. The van der Waals surface area contributed by atoms with Crippen LogP contribution < -0.4 is 0 Å². The third-order valence-electron chi connectivity index (χ3n) is 7.43. The number of hydrogen-bond donors (Lipinski definition) is 0. The lowest BCUT2D eigenvalue weighted by molar-refractivity contribution is 0.188. The van der Waals surface area contributed by atoms with Crippen LogP contribution in [0.2, 0.25) is 0 Å². The molecule has 0 saturated carbocycles. The van der Waals surface area contributed by atoms with Crippen LogP contribution in [-0.2, 0) is 5.41 Å². The molecule has 0 radical (unpaired) electrons. The molecule has 0 bridgehead atoms. The molecule has 5 rings (SSSR count). The summed E-state index contributed by atoms with van der Waals surface area (Å²) < 4.78 is 30.6. The number of hydrogen-bond acceptors (Lipinski definition) is 6. The second-order valence-corrected chi connectivity index (χ2v) is 9.44. The molecule has 3 aromatic heterocycles. The Morgan fingerprint density at radius 2 is 1.79 bits per heavy atom. The van der Waals surface area contributed by atoms with Crippen molar-refractivity contribution in [3.63, 3.8) is 0 Å². The normalized spacial score (nSPS) is 21.0. The van der Waals surface area contributed by atoms with Gasteiger partial charge in [0, 0.05) is 6.20 Å². The number of aryl methyl sites for hydroxylation is 1. The van der Waals surface area contributed by atoms with Gasteiger partial charge < -0.3 is 0 Å². The van der Waals surface area contributed by atoms with Crippen molar-refractivity contribution in [3.05, 3.63) is 77.4 Å². The van der Waals surface area contributed by atoms with E-state index in [-0.39, 0.29) is 22.6 Å². The van der Waals surface area contributed by atoms with Crippen molar-refractivity contribution in [2.45, 2.75) is 52.4 Å². The predicted octanol–water partition coefficient (Wildman–Crippen LogP) is 4.94. The van der Waals surface area contributed by atoms with E-state index in [1.165, 1.54) is 18.2 Å². The summed E-state index contributed by atoms with van der Waals surface area (Å²) in [6.45, 7) is 10.3. The van der Waals surface area contributed by atoms with E-state index in [0.29, 0.717) is 11.6 Å². The molecule has 4 aromatic rings. The van der Waals surface area contributed by atoms with Gasteiger partial charge in [0.25, 0.3) is 0 Å². The van der Waals surface area contributed by atoms with Crippen LogP contribution in [-0.4, -0.2) is 34.9 Å². The SMILES string of the molecule is CC[C@@H]1c2cc(-c3c(F)cccc3F)nnc2C(C)(c2cncc(-n3cnc(C)n3)n2)C1(C)C. The number of halogens is 2. The first kappa shape index (κ1) is 22.2. The highest BCUT2D eigenvalue weighted by molar-refractivity contribution is 5.63. The fourth-order valence-corrected chi connectivity index (χ4v) is 5.31. The van der Waals surface area contributed by atoms with Crippen LogP contribution in [0.3, 0.4) is 0 Å². The maximum Gasteiger partial charge on any atom is 0.173 e. The number of aromatic nitrogens is 7. The lowest BCUT2D eigenvalue weighted by atomic mass is 9.62. The molecule has 0 spiro atoms. The molecule has 0 amide bonds. The molecule has 1 unspecified atom stereocenters. The molecule has 0 fully saturated rings. The minimum absolute atomic E-state index is 0.0654. The zero-order valence-electron chi connectivity index (χ0n) is 19.7. The van der Waals surface area contributed by atoms with Gasteiger partial charge in [-0.2, -0.15) is 10.2 Å². The van der Waals surface area contributed by atoms with Crippen molar-refractivity contribution in [2.24, 2.45) is 5.41 Å². The fraction of sp³-hybridized carbons (Fsp3) is 0.360. The van der Waals surface area contributed by atoms with E-state index < -0.39 is 17.0 Å². The number of rotatable bonds is 4. The standard InChI is InChI=1S/C25H25F2N7/c1-6-16-15-10-19(22-17(26)8-7-9-18(22)27)31-32-23(15)25(5,24(16,3)4)20-11-28-12-21(30-20)34-13-29-14(2)33-34/h7-13,16H,6H2,1-5H3/t16-,25?/m1/s1. The molecule has 34 heavy (non-hydrogen) atoms. The summed E-state index contributed by atoms with van der Waals surface area (Å²) in [5, 5.41) is 13.2. The van der Waals surface area contributed by atoms with Crippen LogP contribution in [0, 0.1) is 24.0 Å². The molecule has 1 aromatic carbocycles. The second-order valence-electron chi connectivity index (χ2n) is 9.44. The van der Waals surface area contributed by atoms with Gasteiger partial charge in [-0.05, 0) is 55.4 Å². The maximum absolute atomic E-state index is 14.5. The predicted molar refractivity (Wildman–Crippen MR) is 122 cm³/mol. The van der Waals surface area contributed by atoms with E-state index in [0.717, 1.165) is 23.4 Å². The van der Waals surface area contributed by atoms with Gasteiger partial charge in [-0.25, -0.2) is 23.4 Å². The Labute approximate surface area is 196 Å². The van der Waals surface area contributed by atoms with Crippen LogP contribution in [0.15, 0.2) is 43.0 Å². The molecule has 0 saturated heterocycles. The minimum Gasteiger partial charge on any atom is -0.259 e. The average molecular weight is 462 g/mol. The Morgan fingerprint density at radius 3 is 2.44 bits per heavy atom. The summed E-state index contributed by atoms with van der Waals surface area (Å²) in [5.74, 6) is -0.0758. The molecular formula is C25H25F2N7. The van der Waals surface area contributed by atoms with Gasteiger partial charge in [0.05, 0.1) is 34.3 Å². The van der Waals surface area contributed by atoms with Crippen molar-refractivity contribution in [1.82, 2.24) is 34.9 Å². The number of fused-ring (bicyclic) bond motifs is 1. The smallest absolute Gasteiger partial charge is 0.173 e. The lowest BCUT2D eigenvalue weighted by Gasteiger charge is -2.40. The molecule has 7 nitrogen and oxygen atoms in total. The van der Waals surface area contributed by atoms with Gasteiger partial charge in [-0.3, -0.25) is 4.98 Å². The molecule has 0 N–H and O–H groups in total. The lowest BCUT2D eigenvalue weighted by Crippen LogP contribution is -2.40. The average Bonchev–Trinajstić information content (AvgIpc) is 3.31. The van der Waals surface area contributed by atoms with Crippen LogP contribution in [0.5, 0.6) is 0 Å². The van der Waals surface area contributed by atoms with E-state index in [2.05, 4.69) is 53.0 Å². The Balaban J connectivity index is 1.70. The highest BCUT2D eigenvalue weighted by Crippen LogP contribution is 2.61. The van der Waals surface area contributed by atoms with Crippen LogP contribution in [0.1, 0.15) is 62.8 Å². The third-order valence-corrected chi connectivity index (χ3v) is 7.43. The topological polar surface area (TPSA) is 82.3 Å². The van der Waals surface area contributed by atoms with Crippen molar-refractivity contribution in [3.8, 4) is 17.1 Å². The molecular weight excluding hydrogens is 436 g/mol. The summed E-state index contributed by atoms with van der Waals surface area (Å²) in [6.07, 6.45) is 5.79. The zero-order valence-corrected chi connectivity index (χ0v) is 19.7. The summed E-state index contributed by atoms with van der Waals surface area (Å²) in [6, 6.07) is 5.58. The first-order chi connectivity index (χ1) is 16.2. The number of benzene rings is 1. The molecule has 0 aliphatic heterocycles. The van der Waals surface area contributed by atoms with Crippen molar-refractivity contribution in [2.75, 3.05) is 0 Å². The van der Waals surface area contributed by atoms with Gasteiger partial charge in [0.1, 0.15) is 23.8 Å². The van der Waals surface area contributed by atoms with E-state index in [4.69, 9.17) is 4.98 Å². The van der Waals surface area contributed by atoms with Gasteiger partial charge in [0.15, 0.2) is 5.82 Å². The van der Waals surface area contributed by atoms with Crippen LogP contribution in [0.4, 0.5) is 8.78 Å². The maximum atomic E-state index is 14.5. The first-order valence-corrected chi connectivity index (χ1v) is 11.2. The summed E-state index contributed by atoms with van der Waals surface area (Å²) in [4.78, 5) is 13.5. The largest absolute Gasteiger partial charge is 0.259 e. The van der Waals surface area contributed by atoms with E-state index in [9.17, 15) is 8.78 Å².